The van der Waals surface area contributed by atoms with Gasteiger partial charge in [-0.15, -0.1) is 0 Å². The predicted octanol–water partition coefficient (Wildman–Crippen LogP) is 0.874. The summed E-state index contributed by atoms with van der Waals surface area (Å²) in [5.74, 6) is -0.229. The molecule has 1 aromatic rings. The van der Waals surface area contributed by atoms with E-state index in [0.29, 0.717) is 18.0 Å². The lowest BCUT2D eigenvalue weighted by atomic mass is 10.0. The first-order valence-electron chi connectivity index (χ1n) is 5.89. The number of hydrogen-bond acceptors (Lipinski definition) is 4. The van der Waals surface area contributed by atoms with Crippen LogP contribution in [0.5, 0.6) is 0 Å². The number of likely N-dealkylation sites (N-methyl/N-ethyl adjacent to an activating group) is 1. The van der Waals surface area contributed by atoms with E-state index in [1.165, 1.54) is 6.07 Å². The second-order valence-corrected chi connectivity index (χ2v) is 4.60. The van der Waals surface area contributed by atoms with Crippen molar-refractivity contribution < 1.29 is 14.1 Å². The number of rotatable bonds is 5. The third-order valence-electron chi connectivity index (χ3n) is 2.43. The van der Waals surface area contributed by atoms with Crippen LogP contribution in [0.2, 0.25) is 0 Å². The zero-order valence-electron chi connectivity index (χ0n) is 11.1. The van der Waals surface area contributed by atoms with Gasteiger partial charge in [-0.2, -0.15) is 0 Å². The Labute approximate surface area is 106 Å². The molecule has 0 saturated carbocycles. The highest BCUT2D eigenvalue weighted by atomic mass is 16.5. The highest BCUT2D eigenvalue weighted by Gasteiger charge is 2.23. The van der Waals surface area contributed by atoms with Crippen molar-refractivity contribution in [1.29, 1.82) is 0 Å². The molecule has 0 radical (unpaired) electrons. The molecule has 6 nitrogen and oxygen atoms in total. The molecular formula is C12H19N3O3. The van der Waals surface area contributed by atoms with Crippen LogP contribution in [0.3, 0.4) is 0 Å². The van der Waals surface area contributed by atoms with Crippen LogP contribution < -0.4 is 10.6 Å². The summed E-state index contributed by atoms with van der Waals surface area (Å²) in [6.07, 6.45) is 0.568. The minimum absolute atomic E-state index is 0.116. The first kappa shape index (κ1) is 14.2. The molecule has 0 fully saturated rings. The van der Waals surface area contributed by atoms with Crippen molar-refractivity contribution >= 4 is 11.8 Å². The number of carbonyl (C=O) groups excluding carboxylic acids is 2. The maximum absolute atomic E-state index is 11.8. The molecule has 1 heterocycles. The number of aryl methyl sites for hydroxylation is 1. The Kier molecular flexibility index (Phi) is 4.88. The largest absolute Gasteiger partial charge is 0.357 e. The zero-order chi connectivity index (χ0) is 13.7. The highest BCUT2D eigenvalue weighted by Crippen LogP contribution is 2.07. The van der Waals surface area contributed by atoms with Gasteiger partial charge in [-0.25, -0.2) is 0 Å². The molecule has 6 heteroatoms. The van der Waals surface area contributed by atoms with Crippen LogP contribution in [-0.4, -0.2) is 30.1 Å². The van der Waals surface area contributed by atoms with Gasteiger partial charge in [-0.1, -0.05) is 19.0 Å². The summed E-state index contributed by atoms with van der Waals surface area (Å²) in [6.45, 7) is 5.70. The van der Waals surface area contributed by atoms with Gasteiger partial charge in [0.25, 0.3) is 5.91 Å². The minimum Gasteiger partial charge on any atom is -0.357 e. The number of nitrogens with one attached hydrogen (secondary N) is 2. The van der Waals surface area contributed by atoms with Gasteiger partial charge in [0.2, 0.25) is 11.7 Å². The Morgan fingerprint density at radius 1 is 1.44 bits per heavy atom. The van der Waals surface area contributed by atoms with E-state index in [4.69, 9.17) is 4.52 Å². The summed E-state index contributed by atoms with van der Waals surface area (Å²) in [5, 5.41) is 8.81. The van der Waals surface area contributed by atoms with E-state index < -0.39 is 11.9 Å². The normalized spacial score (nSPS) is 12.3. The number of carbonyl (C=O) groups is 2. The van der Waals surface area contributed by atoms with E-state index in [9.17, 15) is 9.59 Å². The number of aromatic nitrogens is 1. The summed E-state index contributed by atoms with van der Waals surface area (Å²) in [5.41, 5.74) is 0.625. The third kappa shape index (κ3) is 3.87. The van der Waals surface area contributed by atoms with Gasteiger partial charge >= 0.3 is 0 Å². The van der Waals surface area contributed by atoms with Gasteiger partial charge in [0, 0.05) is 13.1 Å². The maximum atomic E-state index is 11.8. The van der Waals surface area contributed by atoms with E-state index in [2.05, 4.69) is 15.8 Å². The van der Waals surface area contributed by atoms with Crippen LogP contribution in [-0.2, 0) is 4.79 Å². The molecule has 2 N–H and O–H groups in total. The van der Waals surface area contributed by atoms with Crippen molar-refractivity contribution in [3.05, 3.63) is 17.5 Å². The first-order valence-corrected chi connectivity index (χ1v) is 5.89. The summed E-state index contributed by atoms with van der Waals surface area (Å²) in [6, 6.07) is 0.971. The van der Waals surface area contributed by atoms with E-state index >= 15 is 0 Å². The smallest absolute Gasteiger partial charge is 0.290 e. The average molecular weight is 253 g/mol. The van der Waals surface area contributed by atoms with Gasteiger partial charge in [-0.3, -0.25) is 9.59 Å². The molecule has 0 spiro atoms. The maximum Gasteiger partial charge on any atom is 0.290 e. The molecular weight excluding hydrogens is 234 g/mol. The van der Waals surface area contributed by atoms with Crippen molar-refractivity contribution in [2.45, 2.75) is 33.2 Å². The quantitative estimate of drug-likeness (QED) is 0.815. The Balaban J connectivity index is 2.71. The van der Waals surface area contributed by atoms with Crippen LogP contribution in [0.1, 0.15) is 36.5 Å². The fourth-order valence-corrected chi connectivity index (χ4v) is 1.58. The van der Waals surface area contributed by atoms with E-state index in [1.807, 2.05) is 13.8 Å². The van der Waals surface area contributed by atoms with Crippen molar-refractivity contribution in [1.82, 2.24) is 15.8 Å². The van der Waals surface area contributed by atoms with Crippen LogP contribution in [0.25, 0.3) is 0 Å². The lowest BCUT2D eigenvalue weighted by molar-refractivity contribution is -0.122. The van der Waals surface area contributed by atoms with E-state index in [0.717, 1.165) is 0 Å². The third-order valence-corrected chi connectivity index (χ3v) is 2.43. The van der Waals surface area contributed by atoms with Gasteiger partial charge in [-0.05, 0) is 19.3 Å². The van der Waals surface area contributed by atoms with Crippen LogP contribution >= 0.6 is 0 Å². The summed E-state index contributed by atoms with van der Waals surface area (Å²) >= 11 is 0. The van der Waals surface area contributed by atoms with Gasteiger partial charge in [0.05, 0.1) is 5.69 Å². The lowest BCUT2D eigenvalue weighted by Gasteiger charge is -2.18. The monoisotopic (exact) mass is 253 g/mol. The fourth-order valence-electron chi connectivity index (χ4n) is 1.58. The number of nitrogens with zero attached hydrogens (tertiary/aromatic N) is 1. The van der Waals surface area contributed by atoms with Gasteiger partial charge in [0.1, 0.15) is 6.04 Å². The fraction of sp³-hybridized carbons (Fsp3) is 0.583. The first-order chi connectivity index (χ1) is 8.43. The van der Waals surface area contributed by atoms with E-state index in [1.54, 1.807) is 14.0 Å². The molecule has 2 amide bonds. The van der Waals surface area contributed by atoms with E-state index in [-0.39, 0.29) is 11.7 Å². The molecule has 0 aliphatic carbocycles. The summed E-state index contributed by atoms with van der Waals surface area (Å²) in [7, 11) is 1.54. The number of hydrogen-bond donors (Lipinski definition) is 2. The molecule has 1 unspecified atom stereocenters. The molecule has 1 aromatic heterocycles. The molecule has 0 saturated heterocycles. The van der Waals surface area contributed by atoms with Gasteiger partial charge < -0.3 is 15.2 Å². The second kappa shape index (κ2) is 6.18. The lowest BCUT2D eigenvalue weighted by Crippen LogP contribution is -2.46. The molecule has 1 rings (SSSR count). The standard InChI is InChI=1S/C12H19N3O3/c1-7(2)5-9(11(16)13-4)14-12(17)10-6-8(3)15-18-10/h6-7,9H,5H2,1-4H3,(H,13,16)(H,14,17). The van der Waals surface area contributed by atoms with Crippen LogP contribution in [0, 0.1) is 12.8 Å². The SMILES string of the molecule is CNC(=O)C(CC(C)C)NC(=O)c1cc(C)no1. The Morgan fingerprint density at radius 3 is 2.56 bits per heavy atom. The molecule has 0 aliphatic heterocycles. The van der Waals surface area contributed by atoms with Gasteiger partial charge in [0.15, 0.2) is 0 Å². The highest BCUT2D eigenvalue weighted by molar-refractivity contribution is 5.95. The van der Waals surface area contributed by atoms with Crippen molar-refractivity contribution in [2.24, 2.45) is 5.92 Å². The van der Waals surface area contributed by atoms with Crippen molar-refractivity contribution in [3.63, 3.8) is 0 Å². The van der Waals surface area contributed by atoms with Crippen LogP contribution in [0.4, 0.5) is 0 Å². The zero-order valence-corrected chi connectivity index (χ0v) is 11.1. The molecule has 0 aliphatic rings. The van der Waals surface area contributed by atoms with Crippen LogP contribution in [0.15, 0.2) is 10.6 Å². The Morgan fingerprint density at radius 2 is 2.11 bits per heavy atom. The molecule has 0 aromatic carbocycles. The predicted molar refractivity (Wildman–Crippen MR) is 66.0 cm³/mol. The molecule has 18 heavy (non-hydrogen) atoms. The Bertz CT molecular complexity index is 426. The average Bonchev–Trinajstić information content (AvgIpc) is 2.73. The van der Waals surface area contributed by atoms with Crippen molar-refractivity contribution in [2.75, 3.05) is 7.05 Å². The minimum atomic E-state index is -0.562. The topological polar surface area (TPSA) is 84.2 Å². The number of amides is 2. The van der Waals surface area contributed by atoms with Crippen molar-refractivity contribution in [3.8, 4) is 0 Å². The molecule has 100 valence electrons. The Hall–Kier alpha value is -1.85. The summed E-state index contributed by atoms with van der Waals surface area (Å²) in [4.78, 5) is 23.5. The molecule has 0 bridgehead atoms. The molecule has 1 atom stereocenters. The summed E-state index contributed by atoms with van der Waals surface area (Å²) < 4.78 is 4.85. The second-order valence-electron chi connectivity index (χ2n) is 4.60.